The number of alkyl halides is 9. The second-order valence-corrected chi connectivity index (χ2v) is 11.3. The standard InChI is InChI=1S/C14H12F9IO3S/c1-3-8(2)7-24(27-28(25,26)14(21,22)23)11-5-9(12(15,16)17)4-10(6-11)13(18,19)20/h4-7H,3H2,1-2H3/b8-7+. The summed E-state index contributed by atoms with van der Waals surface area (Å²) in [4.78, 5) is 0. The van der Waals surface area contributed by atoms with Crippen LogP contribution >= 0.6 is 20.2 Å². The first-order valence-electron chi connectivity index (χ1n) is 7.05. The van der Waals surface area contributed by atoms with Crippen molar-refractivity contribution in [2.24, 2.45) is 0 Å². The van der Waals surface area contributed by atoms with Gasteiger partial charge in [0.05, 0.1) is 0 Å². The molecule has 162 valence electrons. The molecule has 1 aromatic rings. The number of halogens is 10. The van der Waals surface area contributed by atoms with E-state index in [0.29, 0.717) is 0 Å². The Morgan fingerprint density at radius 3 is 1.71 bits per heavy atom. The van der Waals surface area contributed by atoms with Gasteiger partial charge in [-0.2, -0.15) is 0 Å². The molecule has 0 aliphatic rings. The van der Waals surface area contributed by atoms with Gasteiger partial charge in [-0.1, -0.05) is 0 Å². The Bertz CT molecular complexity index is 807. The molecule has 0 heterocycles. The summed E-state index contributed by atoms with van der Waals surface area (Å²) < 4.78 is 142. The number of rotatable bonds is 5. The molecule has 1 aromatic carbocycles. The topological polar surface area (TPSA) is 43.4 Å². The Morgan fingerprint density at radius 1 is 0.964 bits per heavy atom. The van der Waals surface area contributed by atoms with Crippen LogP contribution in [0.25, 0.3) is 0 Å². The summed E-state index contributed by atoms with van der Waals surface area (Å²) in [5.41, 5.74) is -9.20. The quantitative estimate of drug-likeness (QED) is 0.236. The van der Waals surface area contributed by atoms with E-state index in [4.69, 9.17) is 0 Å². The third kappa shape index (κ3) is 6.50. The predicted molar refractivity (Wildman–Crippen MR) is 89.3 cm³/mol. The fraction of sp³-hybridized carbons (Fsp3) is 0.429. The van der Waals surface area contributed by atoms with E-state index in [-0.39, 0.29) is 30.2 Å². The fourth-order valence-electron chi connectivity index (χ4n) is 1.51. The first-order valence-corrected chi connectivity index (χ1v) is 11.7. The van der Waals surface area contributed by atoms with Crippen LogP contribution < -0.4 is 0 Å². The molecule has 14 heteroatoms. The number of benzene rings is 1. The molecule has 0 aliphatic heterocycles. The summed E-state index contributed by atoms with van der Waals surface area (Å²) >= 11 is -4.28. The molecule has 0 bridgehead atoms. The maximum absolute atomic E-state index is 13.0. The molecule has 0 saturated heterocycles. The average Bonchev–Trinajstić information content (AvgIpc) is 2.50. The minimum atomic E-state index is -6.23. The van der Waals surface area contributed by atoms with E-state index >= 15 is 0 Å². The van der Waals surface area contributed by atoms with Gasteiger partial charge in [0.2, 0.25) is 0 Å². The fourth-order valence-corrected chi connectivity index (χ4v) is 8.00. The van der Waals surface area contributed by atoms with E-state index in [1.54, 1.807) is 0 Å². The van der Waals surface area contributed by atoms with Gasteiger partial charge in [-0.05, 0) is 0 Å². The predicted octanol–water partition coefficient (Wildman–Crippen LogP) is 6.50. The van der Waals surface area contributed by atoms with Gasteiger partial charge in [0.1, 0.15) is 0 Å². The molecule has 0 atom stereocenters. The molecular weight excluding hydrogens is 546 g/mol. The summed E-state index contributed by atoms with van der Waals surface area (Å²) in [5, 5.41) is 0. The van der Waals surface area contributed by atoms with E-state index in [9.17, 15) is 47.9 Å². The van der Waals surface area contributed by atoms with Gasteiger partial charge >= 0.3 is 161 Å². The first kappa shape index (κ1) is 25.0. The van der Waals surface area contributed by atoms with Crippen molar-refractivity contribution in [2.75, 3.05) is 0 Å². The molecule has 0 amide bonds. The van der Waals surface area contributed by atoms with Crippen molar-refractivity contribution in [3.8, 4) is 0 Å². The van der Waals surface area contributed by atoms with Crippen LogP contribution in [-0.2, 0) is 25.0 Å². The second-order valence-electron chi connectivity index (χ2n) is 5.27. The molecule has 0 N–H and O–H groups in total. The van der Waals surface area contributed by atoms with Crippen LogP contribution in [0.4, 0.5) is 39.5 Å². The Balaban J connectivity index is 3.69. The van der Waals surface area contributed by atoms with Crippen molar-refractivity contribution in [1.29, 1.82) is 0 Å². The Morgan fingerprint density at radius 2 is 1.39 bits per heavy atom. The Labute approximate surface area is 161 Å². The van der Waals surface area contributed by atoms with Crippen molar-refractivity contribution in [3.05, 3.63) is 42.6 Å². The van der Waals surface area contributed by atoms with Crippen molar-refractivity contribution in [3.63, 3.8) is 0 Å². The van der Waals surface area contributed by atoms with Crippen LogP contribution in [-0.4, -0.2) is 13.9 Å². The van der Waals surface area contributed by atoms with Crippen LogP contribution in [0.15, 0.2) is 27.9 Å². The van der Waals surface area contributed by atoms with Crippen LogP contribution in [0.5, 0.6) is 0 Å². The third-order valence-electron chi connectivity index (χ3n) is 3.04. The monoisotopic (exact) mass is 558 g/mol. The average molecular weight is 558 g/mol. The number of hydrogen-bond acceptors (Lipinski definition) is 3. The molecule has 28 heavy (non-hydrogen) atoms. The molecule has 0 spiro atoms. The summed E-state index contributed by atoms with van der Waals surface area (Å²) in [6.07, 6.45) is -10.3. The summed E-state index contributed by atoms with van der Waals surface area (Å²) in [6, 6.07) is 0.128. The number of hydrogen-bond donors (Lipinski definition) is 0. The zero-order valence-electron chi connectivity index (χ0n) is 13.9. The van der Waals surface area contributed by atoms with E-state index in [0.717, 1.165) is 4.08 Å². The molecule has 0 aliphatic carbocycles. The molecule has 1 rings (SSSR count). The normalized spacial score (nSPS) is 15.0. The van der Waals surface area contributed by atoms with Gasteiger partial charge in [-0.3, -0.25) is 0 Å². The minimum absolute atomic E-state index is 0.161. The number of allylic oxidation sites excluding steroid dienone is 1. The molecule has 0 fully saturated rings. The third-order valence-corrected chi connectivity index (χ3v) is 9.98. The first-order chi connectivity index (χ1) is 12.4. The summed E-state index contributed by atoms with van der Waals surface area (Å²) in [6.45, 7) is 2.83. The van der Waals surface area contributed by atoms with Gasteiger partial charge in [-0.15, -0.1) is 0 Å². The van der Waals surface area contributed by atoms with E-state index < -0.39 is 62.9 Å². The molecule has 0 radical (unpaired) electrons. The zero-order valence-corrected chi connectivity index (χ0v) is 16.9. The molecular formula is C14H12F9IO3S. The van der Waals surface area contributed by atoms with Crippen LogP contribution in [0.1, 0.15) is 31.4 Å². The van der Waals surface area contributed by atoms with Crippen LogP contribution in [0, 0.1) is 3.57 Å². The molecule has 3 nitrogen and oxygen atoms in total. The molecule has 0 saturated carbocycles. The van der Waals surface area contributed by atoms with E-state index in [1.807, 2.05) is 0 Å². The Hall–Kier alpha value is -1.03. The van der Waals surface area contributed by atoms with Gasteiger partial charge in [0, 0.05) is 0 Å². The summed E-state index contributed by atoms with van der Waals surface area (Å²) in [5.74, 6) is 0. The van der Waals surface area contributed by atoms with Gasteiger partial charge in [-0.25, -0.2) is 0 Å². The molecule has 0 unspecified atom stereocenters. The van der Waals surface area contributed by atoms with Gasteiger partial charge in [0.25, 0.3) is 0 Å². The van der Waals surface area contributed by atoms with Crippen molar-refractivity contribution in [1.82, 2.24) is 0 Å². The van der Waals surface area contributed by atoms with Gasteiger partial charge in [0.15, 0.2) is 0 Å². The van der Waals surface area contributed by atoms with Crippen molar-refractivity contribution >= 4 is 30.4 Å². The Kier molecular flexibility index (Phi) is 7.48. The van der Waals surface area contributed by atoms with Gasteiger partial charge < -0.3 is 0 Å². The van der Waals surface area contributed by atoms with Crippen LogP contribution in [0.2, 0.25) is 0 Å². The van der Waals surface area contributed by atoms with E-state index in [1.165, 1.54) is 13.8 Å². The van der Waals surface area contributed by atoms with Crippen molar-refractivity contribution < 1.29 is 50.4 Å². The zero-order chi connectivity index (χ0) is 22.1. The van der Waals surface area contributed by atoms with Crippen LogP contribution in [0.3, 0.4) is 0 Å². The second kappa shape index (κ2) is 8.38. The van der Waals surface area contributed by atoms with Crippen molar-refractivity contribution in [2.45, 2.75) is 38.1 Å². The SMILES string of the molecule is CC/C(C)=C/I(OS(=O)(=O)C(F)(F)F)c1cc(C(F)(F)F)cc(C(F)(F)F)c1. The maximum atomic E-state index is 13.0. The van der Waals surface area contributed by atoms with E-state index in [2.05, 4.69) is 2.51 Å². The molecule has 0 aromatic heterocycles. The summed E-state index contributed by atoms with van der Waals surface area (Å²) in [7, 11) is -6.23.